The Labute approximate surface area is 84.4 Å². The Morgan fingerprint density at radius 3 is 2.92 bits per heavy atom. The Morgan fingerprint density at radius 2 is 2.31 bits per heavy atom. The first-order chi connectivity index (χ1) is 6.22. The normalized spacial score (nSPS) is 11.1. The third kappa shape index (κ3) is 3.87. The van der Waals surface area contributed by atoms with Gasteiger partial charge in [0.2, 0.25) is 0 Å². The molecule has 1 rings (SSSR count). The average Bonchev–Trinajstić information content (AvgIpc) is 2.50. The van der Waals surface area contributed by atoms with E-state index in [4.69, 9.17) is 0 Å². The van der Waals surface area contributed by atoms with Crippen LogP contribution in [0.2, 0.25) is 0 Å². The Balaban J connectivity index is 2.39. The second-order valence-corrected chi connectivity index (χ2v) is 4.88. The molecule has 0 fully saturated rings. The largest absolute Gasteiger partial charge is 0.315 e. The molecule has 1 aromatic heterocycles. The summed E-state index contributed by atoms with van der Waals surface area (Å²) in [4.78, 5) is 5.72. The summed E-state index contributed by atoms with van der Waals surface area (Å²) in [5, 5.41) is 4.41. The quantitative estimate of drug-likeness (QED) is 0.786. The van der Waals surface area contributed by atoms with Gasteiger partial charge in [-0.25, -0.2) is 4.98 Å². The summed E-state index contributed by atoms with van der Waals surface area (Å²) in [6.45, 7) is 5.45. The van der Waals surface area contributed by atoms with Crippen LogP contribution in [0, 0.1) is 5.92 Å². The fraction of sp³-hybridized carbons (Fsp3) is 0.700. The van der Waals surface area contributed by atoms with Gasteiger partial charge in [0, 0.05) is 17.6 Å². The van der Waals surface area contributed by atoms with Crippen LogP contribution < -0.4 is 5.32 Å². The minimum Gasteiger partial charge on any atom is -0.315 e. The SMILES string of the molecule is CNCc1cnc(CCC(C)C)s1. The second-order valence-electron chi connectivity index (χ2n) is 3.68. The van der Waals surface area contributed by atoms with Gasteiger partial charge in [-0.05, 0) is 25.8 Å². The van der Waals surface area contributed by atoms with E-state index in [-0.39, 0.29) is 0 Å². The van der Waals surface area contributed by atoms with Gasteiger partial charge in [0.15, 0.2) is 0 Å². The Morgan fingerprint density at radius 1 is 1.54 bits per heavy atom. The van der Waals surface area contributed by atoms with E-state index in [1.54, 1.807) is 0 Å². The molecular weight excluding hydrogens is 180 g/mol. The molecule has 0 atom stereocenters. The van der Waals surface area contributed by atoms with E-state index in [9.17, 15) is 0 Å². The van der Waals surface area contributed by atoms with Gasteiger partial charge in [0.25, 0.3) is 0 Å². The van der Waals surface area contributed by atoms with Crippen molar-refractivity contribution in [3.8, 4) is 0 Å². The van der Waals surface area contributed by atoms with Crippen LogP contribution in [0.1, 0.15) is 30.2 Å². The van der Waals surface area contributed by atoms with Gasteiger partial charge in [0.1, 0.15) is 0 Å². The molecule has 1 aromatic rings. The van der Waals surface area contributed by atoms with Crippen molar-refractivity contribution in [2.24, 2.45) is 5.92 Å². The van der Waals surface area contributed by atoms with Crippen LogP contribution in [-0.2, 0) is 13.0 Å². The lowest BCUT2D eigenvalue weighted by molar-refractivity contribution is 0.585. The Bertz CT molecular complexity index is 243. The van der Waals surface area contributed by atoms with Crippen LogP contribution in [0.4, 0.5) is 0 Å². The van der Waals surface area contributed by atoms with E-state index >= 15 is 0 Å². The highest BCUT2D eigenvalue weighted by molar-refractivity contribution is 7.11. The van der Waals surface area contributed by atoms with Gasteiger partial charge < -0.3 is 5.32 Å². The molecule has 0 saturated heterocycles. The maximum atomic E-state index is 4.39. The predicted octanol–water partition coefficient (Wildman–Crippen LogP) is 2.45. The first-order valence-electron chi connectivity index (χ1n) is 4.80. The summed E-state index contributed by atoms with van der Waals surface area (Å²) in [6, 6.07) is 0. The van der Waals surface area contributed by atoms with E-state index in [1.165, 1.54) is 16.3 Å². The van der Waals surface area contributed by atoms with Crippen LogP contribution in [0.3, 0.4) is 0 Å². The molecule has 0 saturated carbocycles. The molecule has 0 radical (unpaired) electrons. The number of rotatable bonds is 5. The highest BCUT2D eigenvalue weighted by Crippen LogP contribution is 2.16. The Kier molecular flexibility index (Phi) is 4.39. The van der Waals surface area contributed by atoms with Crippen LogP contribution in [0.5, 0.6) is 0 Å². The molecule has 0 aliphatic heterocycles. The number of nitrogens with one attached hydrogen (secondary N) is 1. The summed E-state index contributed by atoms with van der Waals surface area (Å²) in [6.07, 6.45) is 4.36. The molecule has 0 spiro atoms. The lowest BCUT2D eigenvalue weighted by Crippen LogP contribution is -2.02. The summed E-state index contributed by atoms with van der Waals surface area (Å²) >= 11 is 1.83. The van der Waals surface area contributed by atoms with E-state index in [0.29, 0.717) is 0 Å². The van der Waals surface area contributed by atoms with Gasteiger partial charge in [-0.2, -0.15) is 0 Å². The number of aromatic nitrogens is 1. The van der Waals surface area contributed by atoms with E-state index in [2.05, 4.69) is 24.1 Å². The van der Waals surface area contributed by atoms with Crippen molar-refractivity contribution in [1.29, 1.82) is 0 Å². The molecule has 2 nitrogen and oxygen atoms in total. The summed E-state index contributed by atoms with van der Waals surface area (Å²) < 4.78 is 0. The molecule has 0 aliphatic rings. The zero-order valence-electron chi connectivity index (χ0n) is 8.63. The van der Waals surface area contributed by atoms with Crippen molar-refractivity contribution in [3.05, 3.63) is 16.1 Å². The molecule has 0 bridgehead atoms. The van der Waals surface area contributed by atoms with Crippen molar-refractivity contribution in [2.45, 2.75) is 33.2 Å². The zero-order valence-corrected chi connectivity index (χ0v) is 9.45. The summed E-state index contributed by atoms with van der Waals surface area (Å²) in [5.74, 6) is 0.775. The predicted molar refractivity (Wildman–Crippen MR) is 58.0 cm³/mol. The lowest BCUT2D eigenvalue weighted by Gasteiger charge is -2.00. The fourth-order valence-electron chi connectivity index (χ4n) is 1.13. The van der Waals surface area contributed by atoms with Crippen molar-refractivity contribution in [1.82, 2.24) is 10.3 Å². The number of thiazole rings is 1. The maximum Gasteiger partial charge on any atom is 0.0928 e. The van der Waals surface area contributed by atoms with Crippen molar-refractivity contribution < 1.29 is 0 Å². The van der Waals surface area contributed by atoms with Gasteiger partial charge in [0.05, 0.1) is 5.01 Å². The van der Waals surface area contributed by atoms with Crippen LogP contribution in [-0.4, -0.2) is 12.0 Å². The number of aryl methyl sites for hydroxylation is 1. The molecule has 0 amide bonds. The first-order valence-corrected chi connectivity index (χ1v) is 5.62. The molecule has 0 aromatic carbocycles. The molecule has 13 heavy (non-hydrogen) atoms. The molecule has 0 aliphatic carbocycles. The highest BCUT2D eigenvalue weighted by atomic mass is 32.1. The average molecular weight is 198 g/mol. The molecular formula is C10H18N2S. The molecule has 3 heteroatoms. The zero-order chi connectivity index (χ0) is 9.68. The van der Waals surface area contributed by atoms with Crippen LogP contribution >= 0.6 is 11.3 Å². The van der Waals surface area contributed by atoms with E-state index in [0.717, 1.165) is 18.9 Å². The van der Waals surface area contributed by atoms with E-state index < -0.39 is 0 Å². The molecule has 1 N–H and O–H groups in total. The van der Waals surface area contributed by atoms with Crippen LogP contribution in [0.25, 0.3) is 0 Å². The first kappa shape index (κ1) is 10.7. The van der Waals surface area contributed by atoms with Gasteiger partial charge >= 0.3 is 0 Å². The number of nitrogens with zero attached hydrogens (tertiary/aromatic N) is 1. The van der Waals surface area contributed by atoms with Gasteiger partial charge in [-0.3, -0.25) is 0 Å². The molecule has 0 unspecified atom stereocenters. The van der Waals surface area contributed by atoms with Gasteiger partial charge in [-0.15, -0.1) is 11.3 Å². The van der Waals surface area contributed by atoms with Crippen LogP contribution in [0.15, 0.2) is 6.20 Å². The third-order valence-corrected chi connectivity index (χ3v) is 2.95. The molecule has 74 valence electrons. The van der Waals surface area contributed by atoms with E-state index in [1.807, 2.05) is 24.6 Å². The van der Waals surface area contributed by atoms with Crippen molar-refractivity contribution in [2.75, 3.05) is 7.05 Å². The topological polar surface area (TPSA) is 24.9 Å². The summed E-state index contributed by atoms with van der Waals surface area (Å²) in [5.41, 5.74) is 0. The van der Waals surface area contributed by atoms with Gasteiger partial charge in [-0.1, -0.05) is 13.8 Å². The lowest BCUT2D eigenvalue weighted by atomic mass is 10.1. The van der Waals surface area contributed by atoms with Crippen molar-refractivity contribution in [3.63, 3.8) is 0 Å². The minimum atomic E-state index is 0.775. The number of hydrogen-bond acceptors (Lipinski definition) is 3. The maximum absolute atomic E-state index is 4.39. The second kappa shape index (κ2) is 5.35. The minimum absolute atomic E-state index is 0.775. The monoisotopic (exact) mass is 198 g/mol. The third-order valence-electron chi connectivity index (χ3n) is 1.89. The fourth-order valence-corrected chi connectivity index (χ4v) is 2.08. The van der Waals surface area contributed by atoms with Crippen molar-refractivity contribution >= 4 is 11.3 Å². The highest BCUT2D eigenvalue weighted by Gasteiger charge is 2.02. The standard InChI is InChI=1S/C10H18N2S/c1-8(2)4-5-10-12-7-9(13-10)6-11-3/h7-8,11H,4-6H2,1-3H3. The number of hydrogen-bond donors (Lipinski definition) is 1. The Hall–Kier alpha value is -0.410. The molecule has 1 heterocycles. The smallest absolute Gasteiger partial charge is 0.0928 e. The summed E-state index contributed by atoms with van der Waals surface area (Å²) in [7, 11) is 1.97.